The van der Waals surface area contributed by atoms with Crippen molar-refractivity contribution in [1.82, 2.24) is 4.98 Å². The Morgan fingerprint density at radius 2 is 1.71 bits per heavy atom. The summed E-state index contributed by atoms with van der Waals surface area (Å²) in [4.78, 5) is 16.3. The molecule has 0 fully saturated rings. The Balaban J connectivity index is 2.22. The van der Waals surface area contributed by atoms with Crippen LogP contribution in [0.3, 0.4) is 0 Å². The predicted molar refractivity (Wildman–Crippen MR) is 78.0 cm³/mol. The molecule has 0 saturated heterocycles. The Morgan fingerprint density at radius 1 is 1.00 bits per heavy atom. The molecule has 0 aliphatic heterocycles. The van der Waals surface area contributed by atoms with Crippen LogP contribution in [0, 0.1) is 0 Å². The van der Waals surface area contributed by atoms with Gasteiger partial charge in [0.15, 0.2) is 11.5 Å². The molecular weight excluding hydrogens is 270 g/mol. The number of esters is 1. The van der Waals surface area contributed by atoms with E-state index in [0.29, 0.717) is 24.7 Å². The second kappa shape index (κ2) is 7.28. The van der Waals surface area contributed by atoms with Gasteiger partial charge >= 0.3 is 5.97 Å². The van der Waals surface area contributed by atoms with Gasteiger partial charge in [-0.1, -0.05) is 12.1 Å². The van der Waals surface area contributed by atoms with Crippen molar-refractivity contribution in [2.45, 2.75) is 13.8 Å². The summed E-state index contributed by atoms with van der Waals surface area (Å²) in [5.41, 5.74) is 0.283. The van der Waals surface area contributed by atoms with Gasteiger partial charge in [-0.05, 0) is 38.1 Å². The van der Waals surface area contributed by atoms with Crippen LogP contribution in [0.1, 0.15) is 24.2 Å². The minimum Gasteiger partial charge on any atom is -0.490 e. The normalized spacial score (nSPS) is 10.0. The average molecular weight is 287 g/mol. The Labute approximate surface area is 123 Å². The minimum atomic E-state index is -0.529. The van der Waals surface area contributed by atoms with E-state index in [1.165, 1.54) is 0 Å². The summed E-state index contributed by atoms with van der Waals surface area (Å²) < 4.78 is 16.1. The molecule has 0 atom stereocenters. The number of hydrogen-bond acceptors (Lipinski definition) is 5. The first-order valence-corrected chi connectivity index (χ1v) is 6.78. The van der Waals surface area contributed by atoms with Crippen molar-refractivity contribution in [3.63, 3.8) is 0 Å². The van der Waals surface area contributed by atoms with E-state index in [2.05, 4.69) is 4.98 Å². The Morgan fingerprint density at radius 3 is 2.43 bits per heavy atom. The molecule has 0 aliphatic carbocycles. The van der Waals surface area contributed by atoms with Crippen LogP contribution in [-0.2, 0) is 0 Å². The Bertz CT molecular complexity index is 613. The van der Waals surface area contributed by atoms with Gasteiger partial charge in [0.05, 0.1) is 13.2 Å². The van der Waals surface area contributed by atoms with Crippen LogP contribution in [0.2, 0.25) is 0 Å². The lowest BCUT2D eigenvalue weighted by Gasteiger charge is -2.11. The highest BCUT2D eigenvalue weighted by atomic mass is 16.6. The largest absolute Gasteiger partial charge is 0.490 e. The monoisotopic (exact) mass is 287 g/mol. The van der Waals surface area contributed by atoms with Crippen molar-refractivity contribution in [1.29, 1.82) is 0 Å². The maximum atomic E-state index is 12.3. The smallest absolute Gasteiger partial charge is 0.349 e. The van der Waals surface area contributed by atoms with Gasteiger partial charge < -0.3 is 14.2 Å². The highest BCUT2D eigenvalue weighted by Gasteiger charge is 2.17. The predicted octanol–water partition coefficient (Wildman–Crippen LogP) is 3.10. The van der Waals surface area contributed by atoms with E-state index in [-0.39, 0.29) is 11.4 Å². The molecule has 1 aromatic heterocycles. The van der Waals surface area contributed by atoms with Gasteiger partial charge in [0.25, 0.3) is 0 Å². The second-order valence-corrected chi connectivity index (χ2v) is 4.06. The van der Waals surface area contributed by atoms with Crippen LogP contribution in [-0.4, -0.2) is 24.2 Å². The molecule has 0 spiro atoms. The zero-order valence-corrected chi connectivity index (χ0v) is 12.0. The van der Waals surface area contributed by atoms with Crippen molar-refractivity contribution in [3.05, 3.63) is 48.2 Å². The minimum absolute atomic E-state index is 0.263. The Kier molecular flexibility index (Phi) is 5.15. The zero-order chi connectivity index (χ0) is 15.1. The van der Waals surface area contributed by atoms with Gasteiger partial charge in [0, 0.05) is 6.20 Å². The van der Waals surface area contributed by atoms with Gasteiger partial charge in [-0.15, -0.1) is 0 Å². The molecule has 5 nitrogen and oxygen atoms in total. The zero-order valence-electron chi connectivity index (χ0n) is 12.0. The molecule has 1 aromatic carbocycles. The SMILES string of the molecule is CCOc1ccccc1OC(=O)c1cccnc1OCC. The van der Waals surface area contributed by atoms with Crippen molar-refractivity contribution < 1.29 is 19.0 Å². The summed E-state index contributed by atoms with van der Waals surface area (Å²) in [5.74, 6) is 0.628. The summed E-state index contributed by atoms with van der Waals surface area (Å²) >= 11 is 0. The van der Waals surface area contributed by atoms with Crippen molar-refractivity contribution in [2.75, 3.05) is 13.2 Å². The van der Waals surface area contributed by atoms with E-state index in [4.69, 9.17) is 14.2 Å². The van der Waals surface area contributed by atoms with E-state index >= 15 is 0 Å². The fraction of sp³-hybridized carbons (Fsp3) is 0.250. The molecular formula is C16H17NO4. The van der Waals surface area contributed by atoms with E-state index in [1.807, 2.05) is 19.9 Å². The van der Waals surface area contributed by atoms with E-state index in [9.17, 15) is 4.79 Å². The lowest BCUT2D eigenvalue weighted by molar-refractivity contribution is 0.0723. The third kappa shape index (κ3) is 3.72. The van der Waals surface area contributed by atoms with Crippen molar-refractivity contribution >= 4 is 5.97 Å². The molecule has 2 aromatic rings. The van der Waals surface area contributed by atoms with Crippen LogP contribution in [0.4, 0.5) is 0 Å². The van der Waals surface area contributed by atoms with Gasteiger partial charge in [0.1, 0.15) is 5.56 Å². The molecule has 110 valence electrons. The third-order valence-electron chi connectivity index (χ3n) is 2.62. The molecule has 21 heavy (non-hydrogen) atoms. The first kappa shape index (κ1) is 14.8. The fourth-order valence-electron chi connectivity index (χ4n) is 1.76. The van der Waals surface area contributed by atoms with Crippen LogP contribution in [0.15, 0.2) is 42.6 Å². The molecule has 5 heteroatoms. The molecule has 0 saturated carbocycles. The highest BCUT2D eigenvalue weighted by Crippen LogP contribution is 2.28. The maximum absolute atomic E-state index is 12.3. The number of aromatic nitrogens is 1. The lowest BCUT2D eigenvalue weighted by atomic mass is 10.2. The standard InChI is InChI=1S/C16H17NO4/c1-3-19-13-9-5-6-10-14(13)21-16(18)12-8-7-11-17-15(12)20-4-2/h5-11H,3-4H2,1-2H3. The van der Waals surface area contributed by atoms with Gasteiger partial charge in [0.2, 0.25) is 5.88 Å². The molecule has 0 aliphatic rings. The number of ether oxygens (including phenoxy) is 3. The quantitative estimate of drug-likeness (QED) is 0.603. The molecule has 0 radical (unpaired) electrons. The summed E-state index contributed by atoms with van der Waals surface area (Å²) in [5, 5.41) is 0. The molecule has 0 N–H and O–H groups in total. The van der Waals surface area contributed by atoms with Crippen LogP contribution in [0.5, 0.6) is 17.4 Å². The number of nitrogens with zero attached hydrogens (tertiary/aromatic N) is 1. The first-order valence-electron chi connectivity index (χ1n) is 6.78. The summed E-state index contributed by atoms with van der Waals surface area (Å²) in [6.07, 6.45) is 1.57. The van der Waals surface area contributed by atoms with Gasteiger partial charge in [-0.25, -0.2) is 9.78 Å². The topological polar surface area (TPSA) is 57.7 Å². The molecule has 0 bridgehead atoms. The van der Waals surface area contributed by atoms with E-state index < -0.39 is 5.97 Å². The lowest BCUT2D eigenvalue weighted by Crippen LogP contribution is -2.12. The number of carbonyl (C=O) groups is 1. The number of pyridine rings is 1. The maximum Gasteiger partial charge on any atom is 0.349 e. The van der Waals surface area contributed by atoms with E-state index in [1.54, 1.807) is 36.5 Å². The first-order chi connectivity index (χ1) is 10.3. The highest BCUT2D eigenvalue weighted by molar-refractivity contribution is 5.93. The average Bonchev–Trinajstić information content (AvgIpc) is 2.50. The Hall–Kier alpha value is -2.56. The summed E-state index contributed by atoms with van der Waals surface area (Å²) in [7, 11) is 0. The van der Waals surface area contributed by atoms with Gasteiger partial charge in [-0.3, -0.25) is 0 Å². The van der Waals surface area contributed by atoms with E-state index in [0.717, 1.165) is 0 Å². The van der Waals surface area contributed by atoms with Gasteiger partial charge in [-0.2, -0.15) is 0 Å². The number of benzene rings is 1. The van der Waals surface area contributed by atoms with Crippen LogP contribution in [0.25, 0.3) is 0 Å². The number of hydrogen-bond donors (Lipinski definition) is 0. The number of rotatable bonds is 6. The molecule has 0 unspecified atom stereocenters. The van der Waals surface area contributed by atoms with Crippen molar-refractivity contribution in [3.8, 4) is 17.4 Å². The number of para-hydroxylation sites is 2. The molecule has 2 rings (SSSR count). The van der Waals surface area contributed by atoms with Crippen molar-refractivity contribution in [2.24, 2.45) is 0 Å². The summed E-state index contributed by atoms with van der Waals surface area (Å²) in [6, 6.07) is 10.3. The summed E-state index contributed by atoms with van der Waals surface area (Å²) in [6.45, 7) is 4.61. The number of carbonyl (C=O) groups excluding carboxylic acids is 1. The second-order valence-electron chi connectivity index (χ2n) is 4.06. The van der Waals surface area contributed by atoms with Crippen LogP contribution >= 0.6 is 0 Å². The fourth-order valence-corrected chi connectivity index (χ4v) is 1.76. The molecule has 0 amide bonds. The molecule has 1 heterocycles. The van der Waals surface area contributed by atoms with Crippen LogP contribution < -0.4 is 14.2 Å². The third-order valence-corrected chi connectivity index (χ3v) is 2.62.